The Morgan fingerprint density at radius 3 is 2.43 bits per heavy atom. The molecule has 0 atom stereocenters. The molecular weight excluding hydrogens is 184 g/mol. The fourth-order valence-corrected chi connectivity index (χ4v) is 1.34. The van der Waals surface area contributed by atoms with E-state index in [1.807, 2.05) is 6.08 Å². The normalized spacial score (nSPS) is 16.2. The van der Waals surface area contributed by atoms with Gasteiger partial charge in [0.25, 0.3) is 0 Å². The Morgan fingerprint density at radius 1 is 1.43 bits per heavy atom. The molecular formula is C10H10O4. The van der Waals surface area contributed by atoms with E-state index < -0.39 is 11.9 Å². The van der Waals surface area contributed by atoms with Gasteiger partial charge >= 0.3 is 11.9 Å². The summed E-state index contributed by atoms with van der Waals surface area (Å²) in [6, 6.07) is 0. The van der Waals surface area contributed by atoms with Crippen molar-refractivity contribution in [1.82, 2.24) is 0 Å². The third-order valence-corrected chi connectivity index (χ3v) is 1.99. The van der Waals surface area contributed by atoms with E-state index in [0.717, 1.165) is 11.6 Å². The van der Waals surface area contributed by atoms with E-state index in [1.165, 1.54) is 0 Å². The molecule has 0 saturated heterocycles. The summed E-state index contributed by atoms with van der Waals surface area (Å²) in [7, 11) is 0. The van der Waals surface area contributed by atoms with Gasteiger partial charge in [-0.05, 0) is 24.5 Å². The van der Waals surface area contributed by atoms with E-state index in [-0.39, 0.29) is 5.57 Å². The summed E-state index contributed by atoms with van der Waals surface area (Å²) >= 11 is 0. The topological polar surface area (TPSA) is 74.6 Å². The molecule has 1 aliphatic carbocycles. The first-order valence-electron chi connectivity index (χ1n) is 4.07. The van der Waals surface area contributed by atoms with Crippen LogP contribution in [0.4, 0.5) is 0 Å². The number of aliphatic carboxylic acids is 2. The minimum absolute atomic E-state index is 0.139. The van der Waals surface area contributed by atoms with Crippen LogP contribution in [0, 0.1) is 0 Å². The molecule has 0 saturated carbocycles. The lowest BCUT2D eigenvalue weighted by molar-refractivity contribution is -0.134. The molecule has 0 aromatic heterocycles. The first kappa shape index (κ1) is 10.2. The molecule has 14 heavy (non-hydrogen) atoms. The Labute approximate surface area is 80.9 Å². The number of carboxylic acid groups (broad SMARTS) is 2. The van der Waals surface area contributed by atoms with E-state index in [2.05, 4.69) is 0 Å². The molecule has 74 valence electrons. The van der Waals surface area contributed by atoms with Crippen molar-refractivity contribution in [2.75, 3.05) is 0 Å². The summed E-state index contributed by atoms with van der Waals surface area (Å²) in [6.45, 7) is 1.76. The fourth-order valence-electron chi connectivity index (χ4n) is 1.34. The summed E-state index contributed by atoms with van der Waals surface area (Å²) in [6.07, 6.45) is 4.81. The van der Waals surface area contributed by atoms with Gasteiger partial charge in [-0.3, -0.25) is 0 Å². The summed E-state index contributed by atoms with van der Waals surface area (Å²) in [5.74, 6) is -2.44. The second-order valence-electron chi connectivity index (χ2n) is 2.97. The lowest BCUT2D eigenvalue weighted by Gasteiger charge is -2.03. The van der Waals surface area contributed by atoms with Gasteiger partial charge in [-0.1, -0.05) is 12.2 Å². The molecule has 4 nitrogen and oxygen atoms in total. The van der Waals surface area contributed by atoms with Crippen LogP contribution in [0.25, 0.3) is 0 Å². The van der Waals surface area contributed by atoms with E-state index >= 15 is 0 Å². The van der Waals surface area contributed by atoms with E-state index in [0.29, 0.717) is 12.0 Å². The van der Waals surface area contributed by atoms with Gasteiger partial charge in [-0.15, -0.1) is 0 Å². The molecule has 0 unspecified atom stereocenters. The van der Waals surface area contributed by atoms with Gasteiger partial charge in [0.15, 0.2) is 0 Å². The molecule has 4 heteroatoms. The van der Waals surface area contributed by atoms with Gasteiger partial charge in [-0.2, -0.15) is 0 Å². The van der Waals surface area contributed by atoms with Crippen molar-refractivity contribution in [3.05, 3.63) is 34.9 Å². The summed E-state index contributed by atoms with van der Waals surface area (Å²) in [5.41, 5.74) is 1.24. The maximum Gasteiger partial charge on any atom is 0.336 e. The van der Waals surface area contributed by atoms with Gasteiger partial charge in [0.2, 0.25) is 0 Å². The molecule has 0 fully saturated rings. The average Bonchev–Trinajstić information content (AvgIpc) is 2.46. The van der Waals surface area contributed by atoms with Gasteiger partial charge in [0.1, 0.15) is 0 Å². The Bertz CT molecular complexity index is 372. The Morgan fingerprint density at radius 2 is 2.07 bits per heavy atom. The lowest BCUT2D eigenvalue weighted by atomic mass is 10.0. The van der Waals surface area contributed by atoms with Crippen LogP contribution in [0.2, 0.25) is 0 Å². The van der Waals surface area contributed by atoms with Gasteiger partial charge in [0, 0.05) is 6.08 Å². The zero-order chi connectivity index (χ0) is 10.7. The van der Waals surface area contributed by atoms with E-state index in [9.17, 15) is 9.59 Å². The minimum Gasteiger partial charge on any atom is -0.478 e. The van der Waals surface area contributed by atoms with Crippen LogP contribution in [0.1, 0.15) is 13.3 Å². The lowest BCUT2D eigenvalue weighted by Crippen LogP contribution is -2.06. The van der Waals surface area contributed by atoms with Crippen molar-refractivity contribution < 1.29 is 19.8 Å². The van der Waals surface area contributed by atoms with Gasteiger partial charge in [0.05, 0.1) is 5.57 Å². The van der Waals surface area contributed by atoms with Gasteiger partial charge in [-0.25, -0.2) is 9.59 Å². The molecule has 1 rings (SSSR count). The van der Waals surface area contributed by atoms with Crippen LogP contribution in [0.5, 0.6) is 0 Å². The van der Waals surface area contributed by atoms with Crippen LogP contribution >= 0.6 is 0 Å². The van der Waals surface area contributed by atoms with Crippen LogP contribution in [0.15, 0.2) is 34.9 Å². The third kappa shape index (κ3) is 2.10. The Kier molecular flexibility index (Phi) is 2.86. The molecule has 0 amide bonds. The highest BCUT2D eigenvalue weighted by molar-refractivity contribution is 5.99. The number of allylic oxidation sites excluding steroid dienone is 3. The summed E-state index contributed by atoms with van der Waals surface area (Å²) < 4.78 is 0. The van der Waals surface area contributed by atoms with Crippen LogP contribution < -0.4 is 0 Å². The van der Waals surface area contributed by atoms with Crippen molar-refractivity contribution in [1.29, 1.82) is 0 Å². The molecule has 0 aromatic carbocycles. The Hall–Kier alpha value is -1.84. The zero-order valence-electron chi connectivity index (χ0n) is 7.65. The minimum atomic E-state index is -1.24. The average molecular weight is 194 g/mol. The number of hydrogen-bond acceptors (Lipinski definition) is 2. The maximum atomic E-state index is 10.8. The standard InChI is InChI=1S/C10H10O4/c1-6-3-2-4-7(6)8(10(13)14)5-9(11)12/h2-3,5H,4H2,1H3,(H,11,12)(H,13,14). The van der Waals surface area contributed by atoms with Crippen molar-refractivity contribution in [3.63, 3.8) is 0 Å². The molecule has 0 aromatic rings. The third-order valence-electron chi connectivity index (χ3n) is 1.99. The molecule has 2 N–H and O–H groups in total. The highest BCUT2D eigenvalue weighted by Crippen LogP contribution is 2.25. The fraction of sp³-hybridized carbons (Fsp3) is 0.200. The van der Waals surface area contributed by atoms with Crippen molar-refractivity contribution in [3.8, 4) is 0 Å². The highest BCUT2D eigenvalue weighted by Gasteiger charge is 2.18. The smallest absolute Gasteiger partial charge is 0.336 e. The van der Waals surface area contributed by atoms with Gasteiger partial charge < -0.3 is 10.2 Å². The van der Waals surface area contributed by atoms with Crippen LogP contribution in [-0.2, 0) is 9.59 Å². The summed E-state index contributed by atoms with van der Waals surface area (Å²) in [4.78, 5) is 21.2. The maximum absolute atomic E-state index is 10.8. The van der Waals surface area contributed by atoms with Crippen molar-refractivity contribution in [2.45, 2.75) is 13.3 Å². The molecule has 0 radical (unpaired) electrons. The summed E-state index contributed by atoms with van der Waals surface area (Å²) in [5, 5.41) is 17.3. The predicted molar refractivity (Wildman–Crippen MR) is 49.8 cm³/mol. The highest BCUT2D eigenvalue weighted by atomic mass is 16.4. The molecule has 0 spiro atoms. The second kappa shape index (κ2) is 3.91. The molecule has 0 bridgehead atoms. The quantitative estimate of drug-likeness (QED) is 0.665. The Balaban J connectivity index is 3.08. The number of carboxylic acids is 2. The SMILES string of the molecule is CC1=C(C(=CC(=O)O)C(=O)O)CC=C1. The van der Waals surface area contributed by atoms with Crippen molar-refractivity contribution >= 4 is 11.9 Å². The molecule has 0 heterocycles. The zero-order valence-corrected chi connectivity index (χ0v) is 7.65. The van der Waals surface area contributed by atoms with E-state index in [1.54, 1.807) is 13.0 Å². The van der Waals surface area contributed by atoms with E-state index in [4.69, 9.17) is 10.2 Å². The van der Waals surface area contributed by atoms with Crippen LogP contribution in [-0.4, -0.2) is 22.2 Å². The number of rotatable bonds is 3. The first-order valence-corrected chi connectivity index (χ1v) is 4.07. The van der Waals surface area contributed by atoms with Crippen molar-refractivity contribution in [2.24, 2.45) is 0 Å². The molecule has 1 aliphatic rings. The number of hydrogen-bond donors (Lipinski definition) is 2. The first-order chi connectivity index (χ1) is 6.52. The monoisotopic (exact) mass is 194 g/mol. The van der Waals surface area contributed by atoms with Crippen LogP contribution in [0.3, 0.4) is 0 Å². The predicted octanol–water partition coefficient (Wildman–Crippen LogP) is 1.36. The molecule has 0 aliphatic heterocycles. The largest absolute Gasteiger partial charge is 0.478 e. The number of carbonyl (C=O) groups is 2. The second-order valence-corrected chi connectivity index (χ2v) is 2.97.